The molecule has 6 heteroatoms. The maximum absolute atomic E-state index is 12.5. The van der Waals surface area contributed by atoms with E-state index in [0.717, 1.165) is 18.7 Å². The first-order valence-electron chi connectivity index (χ1n) is 8.36. The topological polar surface area (TPSA) is 65.5 Å². The molecule has 0 aliphatic carbocycles. The molecule has 126 valence electrons. The summed E-state index contributed by atoms with van der Waals surface area (Å²) in [7, 11) is 0. The summed E-state index contributed by atoms with van der Waals surface area (Å²) in [6.45, 7) is 6.96. The van der Waals surface area contributed by atoms with E-state index in [1.807, 2.05) is 12.1 Å². The number of nitrogens with one attached hydrogen (secondary N) is 1. The molecule has 1 N–H and O–H groups in total. The summed E-state index contributed by atoms with van der Waals surface area (Å²) in [4.78, 5) is 31.6. The highest BCUT2D eigenvalue weighted by Gasteiger charge is 2.24. The van der Waals surface area contributed by atoms with Crippen LogP contribution in [0, 0.1) is 0 Å². The lowest BCUT2D eigenvalue weighted by atomic mass is 10.2. The van der Waals surface area contributed by atoms with Crippen molar-refractivity contribution in [2.45, 2.75) is 33.1 Å². The smallest absolute Gasteiger partial charge is 0.272 e. The number of hydrogen-bond donors (Lipinski definition) is 1. The van der Waals surface area contributed by atoms with Gasteiger partial charge in [0.15, 0.2) is 0 Å². The maximum atomic E-state index is 12.5. The number of rotatable bonds is 6. The van der Waals surface area contributed by atoms with E-state index in [9.17, 15) is 9.59 Å². The fraction of sp³-hybridized carbons (Fsp3) is 0.588. The minimum absolute atomic E-state index is 0.0634. The Labute approximate surface area is 137 Å². The first-order valence-corrected chi connectivity index (χ1v) is 8.36. The molecular formula is C17H26N4O2. The van der Waals surface area contributed by atoms with Gasteiger partial charge in [0.25, 0.3) is 5.91 Å². The van der Waals surface area contributed by atoms with Crippen LogP contribution < -0.4 is 5.32 Å². The zero-order chi connectivity index (χ0) is 16.7. The van der Waals surface area contributed by atoms with Crippen LogP contribution in [0.5, 0.6) is 0 Å². The third kappa shape index (κ3) is 4.94. The molecule has 6 nitrogen and oxygen atoms in total. The number of carbonyl (C=O) groups excluding carboxylic acids is 2. The number of pyridine rings is 1. The summed E-state index contributed by atoms with van der Waals surface area (Å²) in [6.07, 6.45) is 5.18. The Hall–Kier alpha value is -2.11. The Morgan fingerprint density at radius 1 is 1.17 bits per heavy atom. The van der Waals surface area contributed by atoms with Crippen LogP contribution in [-0.2, 0) is 4.79 Å². The summed E-state index contributed by atoms with van der Waals surface area (Å²) >= 11 is 0. The lowest BCUT2D eigenvalue weighted by Crippen LogP contribution is -2.50. The van der Waals surface area contributed by atoms with Crippen LogP contribution in [0.3, 0.4) is 0 Å². The highest BCUT2D eigenvalue weighted by atomic mass is 16.2. The molecular weight excluding hydrogens is 292 g/mol. The van der Waals surface area contributed by atoms with E-state index in [-0.39, 0.29) is 11.8 Å². The third-order valence-corrected chi connectivity index (χ3v) is 4.10. The van der Waals surface area contributed by atoms with Crippen molar-refractivity contribution in [1.82, 2.24) is 14.8 Å². The van der Waals surface area contributed by atoms with Crippen LogP contribution in [0.25, 0.3) is 0 Å². The Balaban J connectivity index is 1.91. The second-order valence-electron chi connectivity index (χ2n) is 5.86. The fourth-order valence-electron chi connectivity index (χ4n) is 2.65. The molecule has 23 heavy (non-hydrogen) atoms. The molecule has 0 saturated carbocycles. The summed E-state index contributed by atoms with van der Waals surface area (Å²) < 4.78 is 0. The molecule has 0 spiro atoms. The van der Waals surface area contributed by atoms with Crippen molar-refractivity contribution in [3.8, 4) is 0 Å². The minimum Gasteiger partial charge on any atom is -0.385 e. The molecule has 1 aromatic heterocycles. The molecule has 2 amide bonds. The van der Waals surface area contributed by atoms with Crippen molar-refractivity contribution in [2.24, 2.45) is 0 Å². The van der Waals surface area contributed by atoms with Crippen LogP contribution in [0.4, 0.5) is 5.69 Å². The average Bonchev–Trinajstić information content (AvgIpc) is 2.58. The summed E-state index contributed by atoms with van der Waals surface area (Å²) in [5.74, 6) is -0.00101. The molecule has 0 radical (unpaired) electrons. The van der Waals surface area contributed by atoms with Crippen LogP contribution in [-0.4, -0.2) is 59.3 Å². The molecule has 1 aromatic rings. The SMILES string of the molecule is CCCCCNc1ccnc(C(=O)N2CCN(C(C)=O)CC2)c1. The van der Waals surface area contributed by atoms with Gasteiger partial charge in [-0.05, 0) is 18.6 Å². The zero-order valence-electron chi connectivity index (χ0n) is 14.0. The molecule has 0 atom stereocenters. The highest BCUT2D eigenvalue weighted by molar-refractivity contribution is 5.93. The second kappa shape index (κ2) is 8.50. The number of carbonyl (C=O) groups is 2. The average molecular weight is 318 g/mol. The number of amides is 2. The van der Waals surface area contributed by atoms with E-state index in [2.05, 4.69) is 17.2 Å². The van der Waals surface area contributed by atoms with Gasteiger partial charge in [0.2, 0.25) is 5.91 Å². The zero-order valence-corrected chi connectivity index (χ0v) is 14.0. The molecule has 1 aliphatic heterocycles. The van der Waals surface area contributed by atoms with Crippen LogP contribution in [0.15, 0.2) is 18.3 Å². The van der Waals surface area contributed by atoms with E-state index in [0.29, 0.717) is 31.9 Å². The monoisotopic (exact) mass is 318 g/mol. The number of unbranched alkanes of at least 4 members (excludes halogenated alkanes) is 2. The number of aromatic nitrogens is 1. The van der Waals surface area contributed by atoms with Crippen molar-refractivity contribution in [3.05, 3.63) is 24.0 Å². The van der Waals surface area contributed by atoms with Gasteiger partial charge in [0.1, 0.15) is 5.69 Å². The van der Waals surface area contributed by atoms with Gasteiger partial charge in [-0.25, -0.2) is 0 Å². The number of piperazine rings is 1. The van der Waals surface area contributed by atoms with E-state index < -0.39 is 0 Å². The Morgan fingerprint density at radius 2 is 1.87 bits per heavy atom. The molecule has 1 saturated heterocycles. The van der Waals surface area contributed by atoms with Gasteiger partial charge >= 0.3 is 0 Å². The van der Waals surface area contributed by atoms with Gasteiger partial charge in [0, 0.05) is 51.5 Å². The van der Waals surface area contributed by atoms with E-state index in [1.54, 1.807) is 22.9 Å². The molecule has 0 bridgehead atoms. The van der Waals surface area contributed by atoms with Crippen molar-refractivity contribution < 1.29 is 9.59 Å². The van der Waals surface area contributed by atoms with Crippen molar-refractivity contribution >= 4 is 17.5 Å². The van der Waals surface area contributed by atoms with Crippen LogP contribution in [0.1, 0.15) is 43.6 Å². The molecule has 0 aromatic carbocycles. The van der Waals surface area contributed by atoms with Crippen molar-refractivity contribution in [2.75, 3.05) is 38.0 Å². The van der Waals surface area contributed by atoms with E-state index in [1.165, 1.54) is 12.8 Å². The quantitative estimate of drug-likeness (QED) is 0.815. The van der Waals surface area contributed by atoms with Gasteiger partial charge in [-0.3, -0.25) is 14.6 Å². The summed E-state index contributed by atoms with van der Waals surface area (Å²) in [6, 6.07) is 3.70. The third-order valence-electron chi connectivity index (χ3n) is 4.10. The lowest BCUT2D eigenvalue weighted by Gasteiger charge is -2.34. The molecule has 1 fully saturated rings. The van der Waals surface area contributed by atoms with E-state index in [4.69, 9.17) is 0 Å². The predicted octanol–water partition coefficient (Wildman–Crippen LogP) is 1.99. The van der Waals surface area contributed by atoms with Crippen molar-refractivity contribution in [1.29, 1.82) is 0 Å². The molecule has 2 heterocycles. The van der Waals surface area contributed by atoms with Gasteiger partial charge < -0.3 is 15.1 Å². The van der Waals surface area contributed by atoms with Gasteiger partial charge in [-0.15, -0.1) is 0 Å². The molecule has 1 aliphatic rings. The normalized spacial score (nSPS) is 14.7. The largest absolute Gasteiger partial charge is 0.385 e. The van der Waals surface area contributed by atoms with Gasteiger partial charge in [-0.1, -0.05) is 19.8 Å². The minimum atomic E-state index is -0.0644. The first-order chi connectivity index (χ1) is 11.1. The molecule has 0 unspecified atom stereocenters. The highest BCUT2D eigenvalue weighted by Crippen LogP contribution is 2.12. The van der Waals surface area contributed by atoms with Crippen molar-refractivity contribution in [3.63, 3.8) is 0 Å². The van der Waals surface area contributed by atoms with Gasteiger partial charge in [-0.2, -0.15) is 0 Å². The maximum Gasteiger partial charge on any atom is 0.272 e. The number of anilines is 1. The van der Waals surface area contributed by atoms with Crippen LogP contribution >= 0.6 is 0 Å². The lowest BCUT2D eigenvalue weighted by molar-refractivity contribution is -0.130. The van der Waals surface area contributed by atoms with E-state index >= 15 is 0 Å². The fourth-order valence-corrected chi connectivity index (χ4v) is 2.65. The number of nitrogens with zero attached hydrogens (tertiary/aromatic N) is 3. The second-order valence-corrected chi connectivity index (χ2v) is 5.86. The summed E-state index contributed by atoms with van der Waals surface area (Å²) in [5, 5.41) is 3.34. The Morgan fingerprint density at radius 3 is 2.52 bits per heavy atom. The Kier molecular flexibility index (Phi) is 6.38. The predicted molar refractivity (Wildman–Crippen MR) is 90.4 cm³/mol. The first kappa shape index (κ1) is 17.2. The standard InChI is InChI=1S/C17H26N4O2/c1-3-4-5-7-18-15-6-8-19-16(13-15)17(23)21-11-9-20(10-12-21)14(2)22/h6,8,13H,3-5,7,9-12H2,1-2H3,(H,18,19). The summed E-state index contributed by atoms with van der Waals surface area (Å²) in [5.41, 5.74) is 1.39. The van der Waals surface area contributed by atoms with Crippen LogP contribution in [0.2, 0.25) is 0 Å². The molecule has 2 rings (SSSR count). The van der Waals surface area contributed by atoms with Gasteiger partial charge in [0.05, 0.1) is 0 Å². The number of hydrogen-bond acceptors (Lipinski definition) is 4. The Bertz CT molecular complexity index is 539.